The number of phosphoric ester groups is 1. The lowest BCUT2D eigenvalue weighted by atomic mass is 9.95. The van der Waals surface area contributed by atoms with Crippen LogP contribution in [0, 0.1) is 0 Å². The Bertz CT molecular complexity index is 5500. The average Bonchev–Trinajstić information content (AvgIpc) is 0.741. The van der Waals surface area contributed by atoms with Crippen molar-refractivity contribution in [3.63, 3.8) is 0 Å². The minimum Gasteiger partial charge on any atom is -0.353 e. The maximum absolute atomic E-state index is 13.3. The standard InChI is InChI=1S/C31H55O74PS15/c1-80-27-22(20(100-116(62,63)64)16(99-115(59,60)61)11(86-27)6-85-110(44,45)46)94-30-25(104-120(74,75)76)19(14(97-113(53,54)55)10(90-30)5-84-109(41,42)43)92-28-23(102-118(68,69)70)17(12(95-111(47,48)49)8(88-28)3-82-107(35,36)37)91-29-24(103-119(71,72)73)18(13(96-112(50,51)52)9(89-29)4-83-108(38,39)40)93-31-26(105-121(77,78)79)21(101-117(65,66)67)15(98-114(56,57)58)7(87-31)2-81-106(32,33)34/h7-31H,2-6H2,1H3,(H2,32,33,34)(H,35,36,37)(H,38,39,40)(H,41,42,43)(H,44,45,46)(H,47,48,49)(H,50,51,52)(H,53,54,55)(H,56,57,58)(H,59,60,61)(H,62,63,64)(H,65,66,67)(H,68,69,70)(H,71,72,73)(H,74,75,76)(H,77,78,79)/t7-,8+,9-,10+,11-,12-,13-,14+,15-,16+,17-,18-,19-,20-,21-,22+,23+,24-,25+,26-,27+,28+,29-,30+,31-/m0/s1. The molecule has 5 aliphatic rings. The Morgan fingerprint density at radius 1 is 0.215 bits per heavy atom. The molecule has 121 heavy (non-hydrogen) atoms. The largest absolute Gasteiger partial charge is 0.469 e. The highest BCUT2D eigenvalue weighted by Gasteiger charge is 2.65. The highest BCUT2D eigenvalue weighted by molar-refractivity contribution is 7.84. The molecule has 0 radical (unpaired) electrons. The van der Waals surface area contributed by atoms with Crippen molar-refractivity contribution in [2.24, 2.45) is 0 Å². The molecule has 0 aromatic heterocycles. The molecule has 5 rings (SSSR count). The van der Waals surface area contributed by atoms with Crippen LogP contribution < -0.4 is 0 Å². The number of ether oxygens (including phenoxy) is 10. The molecule has 0 amide bonds. The third kappa shape index (κ3) is 39.2. The predicted octanol–water partition coefficient (Wildman–Crippen LogP) is -13.7. The molecule has 17 N–H and O–H groups in total. The summed E-state index contributed by atoms with van der Waals surface area (Å²) >= 11 is 0. The highest BCUT2D eigenvalue weighted by atomic mass is 32.3. The van der Waals surface area contributed by atoms with Gasteiger partial charge in [0.25, 0.3) is 0 Å². The summed E-state index contributed by atoms with van der Waals surface area (Å²) in [5.41, 5.74) is 0. The minimum absolute atomic E-state index is 0.324. The van der Waals surface area contributed by atoms with Gasteiger partial charge >= 0.3 is 164 Å². The van der Waals surface area contributed by atoms with Crippen molar-refractivity contribution < 1.29 is 324 Å². The van der Waals surface area contributed by atoms with Gasteiger partial charge in [-0.15, -0.1) is 0 Å². The van der Waals surface area contributed by atoms with Gasteiger partial charge in [0.15, 0.2) is 55.9 Å². The van der Waals surface area contributed by atoms with E-state index in [1.54, 1.807) is 0 Å². The van der Waals surface area contributed by atoms with E-state index < -0.39 is 350 Å². The molecule has 0 unspecified atom stereocenters. The Morgan fingerprint density at radius 3 is 0.562 bits per heavy atom. The van der Waals surface area contributed by atoms with E-state index in [-0.39, 0.29) is 0 Å². The van der Waals surface area contributed by atoms with Gasteiger partial charge in [-0.1, -0.05) is 0 Å². The Morgan fingerprint density at radius 2 is 0.372 bits per heavy atom. The maximum atomic E-state index is 13.3. The summed E-state index contributed by atoms with van der Waals surface area (Å²) in [5, 5.41) is 0. The molecule has 5 saturated heterocycles. The van der Waals surface area contributed by atoms with E-state index in [2.05, 4.69) is 67.3 Å². The fourth-order valence-corrected chi connectivity index (χ4v) is 17.5. The normalized spacial score (nSPS) is 33.2. The smallest absolute Gasteiger partial charge is 0.353 e. The van der Waals surface area contributed by atoms with Crippen molar-refractivity contribution >= 4 is 164 Å². The molecule has 5 aliphatic heterocycles. The third-order valence-corrected chi connectivity index (χ3v) is 21.2. The van der Waals surface area contributed by atoms with Gasteiger partial charge in [-0.05, 0) is 0 Å². The Labute approximate surface area is 676 Å². The summed E-state index contributed by atoms with van der Waals surface area (Å²) in [7, 11) is -105. The van der Waals surface area contributed by atoms with Crippen LogP contribution in [0.5, 0.6) is 0 Å². The summed E-state index contributed by atoms with van der Waals surface area (Å²) in [4.78, 5) is 19.1. The number of hydrogen-bond acceptors (Lipinski definition) is 57. The summed E-state index contributed by atoms with van der Waals surface area (Å²) < 4.78 is 660. The minimum atomic E-state index is -7.09. The number of hydrogen-bond donors (Lipinski definition) is 17. The Balaban J connectivity index is 2.03. The van der Waals surface area contributed by atoms with Crippen molar-refractivity contribution in [2.45, 2.75) is 154 Å². The van der Waals surface area contributed by atoms with Crippen LogP contribution in [0.3, 0.4) is 0 Å². The van der Waals surface area contributed by atoms with Gasteiger partial charge in [0.2, 0.25) is 0 Å². The van der Waals surface area contributed by atoms with Gasteiger partial charge in [0, 0.05) is 7.11 Å². The topological polar surface area (TPSA) is 1110 Å². The van der Waals surface area contributed by atoms with E-state index in [4.69, 9.17) is 47.4 Å². The molecule has 5 fully saturated rings. The van der Waals surface area contributed by atoms with Gasteiger partial charge in [-0.25, -0.2) is 67.3 Å². The summed E-state index contributed by atoms with van der Waals surface area (Å²) in [5.74, 6) is 0. The van der Waals surface area contributed by atoms with E-state index >= 15 is 0 Å². The van der Waals surface area contributed by atoms with Gasteiger partial charge < -0.3 is 57.2 Å². The summed E-state index contributed by atoms with van der Waals surface area (Å²) in [6, 6.07) is 0. The highest BCUT2D eigenvalue weighted by Crippen LogP contribution is 2.44. The summed E-state index contributed by atoms with van der Waals surface area (Å²) in [6.07, 6.45) is -94.5. The average molecular weight is 2120 g/mol. The zero-order valence-corrected chi connectivity index (χ0v) is 69.6. The second-order valence-electron chi connectivity index (χ2n) is 22.4. The molecule has 718 valence electrons. The molecule has 25 atom stereocenters. The van der Waals surface area contributed by atoms with E-state index in [1.807, 2.05) is 0 Å². The number of phosphoric acid groups is 1. The molecule has 0 aliphatic carbocycles. The molecule has 0 saturated carbocycles. The van der Waals surface area contributed by atoms with Gasteiger partial charge in [0.1, 0.15) is 97.7 Å². The number of rotatable bonds is 46. The van der Waals surface area contributed by atoms with Crippen LogP contribution >= 0.6 is 7.82 Å². The quantitative estimate of drug-likeness (QED) is 0.0199. The van der Waals surface area contributed by atoms with Crippen LogP contribution in [-0.2, 0) is 275 Å². The van der Waals surface area contributed by atoms with Gasteiger partial charge in [-0.2, -0.15) is 126 Å². The van der Waals surface area contributed by atoms with Crippen LogP contribution in [0.4, 0.5) is 0 Å². The lowest BCUT2D eigenvalue weighted by molar-refractivity contribution is -0.387. The van der Waals surface area contributed by atoms with Crippen LogP contribution in [-0.4, -0.2) is 398 Å². The van der Waals surface area contributed by atoms with Crippen molar-refractivity contribution in [3.8, 4) is 0 Å². The van der Waals surface area contributed by atoms with Crippen LogP contribution in [0.15, 0.2) is 0 Å². The van der Waals surface area contributed by atoms with Crippen LogP contribution in [0.1, 0.15) is 0 Å². The molecular formula is C31H55O74PS15. The zero-order valence-electron chi connectivity index (χ0n) is 56.4. The Hall–Kier alpha value is -2.24. The predicted molar refractivity (Wildman–Crippen MR) is 338 cm³/mol. The molecule has 0 aromatic rings. The van der Waals surface area contributed by atoms with E-state index in [0.717, 1.165) is 0 Å². The molecule has 0 aromatic carbocycles. The first-order valence-electron chi connectivity index (χ1n) is 28.6. The van der Waals surface area contributed by atoms with E-state index in [9.17, 15) is 209 Å². The lowest BCUT2D eigenvalue weighted by Gasteiger charge is -2.51. The second-order valence-corrected chi connectivity index (χ2v) is 39.5. The first-order chi connectivity index (χ1) is 53.8. The molecular weight excluding hydrogens is 2070 g/mol. The first kappa shape index (κ1) is 109. The summed E-state index contributed by atoms with van der Waals surface area (Å²) in [6.45, 7) is -11.8. The molecule has 74 nitrogen and oxygen atoms in total. The van der Waals surface area contributed by atoms with Crippen molar-refractivity contribution in [3.05, 3.63) is 0 Å². The molecule has 90 heteroatoms. The van der Waals surface area contributed by atoms with Crippen LogP contribution in [0.25, 0.3) is 0 Å². The molecule has 0 spiro atoms. The zero-order chi connectivity index (χ0) is 93.4. The monoisotopic (exact) mass is 2120 g/mol. The van der Waals surface area contributed by atoms with Crippen molar-refractivity contribution in [1.82, 2.24) is 0 Å². The van der Waals surface area contributed by atoms with E-state index in [0.29, 0.717) is 7.11 Å². The van der Waals surface area contributed by atoms with E-state index in [1.165, 1.54) is 0 Å². The SMILES string of the molecule is CO[C@@H]1O[C@@H](COS(=O)(=O)O)[C@@H](OS(=O)(=O)O)[C@H](OS(=O)(=O)O)[C@H]1O[C@H]1O[C@H](COS(=O)(=O)O)[C@@H](OS(=O)(=O)O)[C@H](O[C@H]2O[C@H](COS(=O)(=O)O)[C@H](OS(=O)(=O)O)[C@H](O[C@@H]3O[C@@H](COS(=O)(=O)O)[C@H](OS(=O)(=O)O)[C@H](O[C@@H]4O[C@@H](COP(=O)(O)O)[C@H](OS(=O)(=O)O)[C@H](OS(=O)(=O)O)[C@@H]4OS(=O)(=O)O)[C@@H]3OS(=O)(=O)O)[C@H]2OS(=O)(=O)O)[C@H]1OS(=O)(=O)O. The lowest BCUT2D eigenvalue weighted by Crippen LogP contribution is -2.70. The third-order valence-electron chi connectivity index (χ3n) is 13.8. The van der Waals surface area contributed by atoms with Gasteiger partial charge in [-0.3, -0.25) is 72.8 Å². The van der Waals surface area contributed by atoms with Gasteiger partial charge in [0.05, 0.1) is 33.0 Å². The Kier molecular flexibility index (Phi) is 36.3. The van der Waals surface area contributed by atoms with Crippen molar-refractivity contribution in [2.75, 3.05) is 40.1 Å². The number of methoxy groups -OCH3 is 1. The maximum Gasteiger partial charge on any atom is 0.469 e. The fraction of sp³-hybridized carbons (Fsp3) is 1.00. The second kappa shape index (κ2) is 40.2. The van der Waals surface area contributed by atoms with Crippen LogP contribution in [0.2, 0.25) is 0 Å². The first-order valence-corrected chi connectivity index (χ1v) is 50.6. The fourth-order valence-electron chi connectivity index (χ4n) is 10.5. The molecule has 0 bridgehead atoms. The van der Waals surface area contributed by atoms with Crippen molar-refractivity contribution in [1.29, 1.82) is 0 Å². The molecule has 5 heterocycles.